The maximum absolute atomic E-state index is 14.2. The minimum atomic E-state index is -2.14. The van der Waals surface area contributed by atoms with Gasteiger partial charge in [0.05, 0.1) is 37.6 Å². The van der Waals surface area contributed by atoms with Crippen molar-refractivity contribution >= 4 is 34.7 Å². The fourth-order valence-electron chi connectivity index (χ4n) is 4.00. The summed E-state index contributed by atoms with van der Waals surface area (Å²) in [5.74, 6) is -9.52. The van der Waals surface area contributed by atoms with Crippen molar-refractivity contribution in [3.63, 3.8) is 0 Å². The summed E-state index contributed by atoms with van der Waals surface area (Å²) in [6.07, 6.45) is 0.605. The van der Waals surface area contributed by atoms with E-state index in [2.05, 4.69) is 4.90 Å². The van der Waals surface area contributed by atoms with Gasteiger partial charge in [0, 0.05) is 27.8 Å². The third-order valence-corrected chi connectivity index (χ3v) is 6.99. The molecule has 0 spiro atoms. The molecule has 0 N–H and O–H groups in total. The van der Waals surface area contributed by atoms with E-state index in [4.69, 9.17) is 11.6 Å². The van der Waals surface area contributed by atoms with Crippen LogP contribution in [0.2, 0.25) is 5.02 Å². The molecule has 1 aliphatic heterocycles. The van der Waals surface area contributed by atoms with E-state index >= 15 is 0 Å². The number of fused-ring (bicyclic) bond motifs is 2. The normalized spacial score (nSPS) is 12.8. The fraction of sp³-hybridized carbons (Fsp3) is 0.250. The molecule has 3 aromatic rings. The van der Waals surface area contributed by atoms with Crippen molar-refractivity contribution in [3.05, 3.63) is 82.1 Å². The van der Waals surface area contributed by atoms with Crippen LogP contribution < -0.4 is 21.9 Å². The van der Waals surface area contributed by atoms with Crippen LogP contribution in [-0.4, -0.2) is 31.7 Å². The Balaban J connectivity index is 0.00000324. The van der Waals surface area contributed by atoms with Crippen molar-refractivity contribution in [3.8, 4) is 0 Å². The second-order valence-corrected chi connectivity index (χ2v) is 10.1. The number of nitrogens with zero attached hydrogens (tertiary/aromatic N) is 2. The van der Waals surface area contributed by atoms with Crippen LogP contribution in [0.25, 0.3) is 0 Å². The van der Waals surface area contributed by atoms with Crippen molar-refractivity contribution in [1.82, 2.24) is 0 Å². The molecular weight excluding hydrogens is 559 g/mol. The van der Waals surface area contributed by atoms with Gasteiger partial charge in [0.25, 0.3) is 0 Å². The minimum absolute atomic E-state index is 0. The van der Waals surface area contributed by atoms with E-state index in [0.29, 0.717) is 24.5 Å². The first-order valence-electron chi connectivity index (χ1n) is 10.3. The molecule has 0 atom stereocenters. The maximum atomic E-state index is 14.2. The highest BCUT2D eigenvalue weighted by atomic mass is 79.9. The molecule has 34 heavy (non-hydrogen) atoms. The van der Waals surface area contributed by atoms with Gasteiger partial charge in [0.2, 0.25) is 5.82 Å². The van der Waals surface area contributed by atoms with Gasteiger partial charge in [-0.1, -0.05) is 35.5 Å². The number of rotatable bonds is 6. The molecule has 3 aromatic carbocycles. The zero-order valence-corrected chi connectivity index (χ0v) is 21.5. The molecule has 0 amide bonds. The summed E-state index contributed by atoms with van der Waals surface area (Å²) in [6.45, 7) is 0.700. The summed E-state index contributed by atoms with van der Waals surface area (Å²) in [5, 5.41) is 0.612. The van der Waals surface area contributed by atoms with Gasteiger partial charge in [0.1, 0.15) is 6.54 Å². The lowest BCUT2D eigenvalue weighted by molar-refractivity contribution is -0.903. The molecule has 10 heteroatoms. The lowest BCUT2D eigenvalue weighted by atomic mass is 10.1. The van der Waals surface area contributed by atoms with Gasteiger partial charge >= 0.3 is 0 Å². The average molecular weight is 580 g/mol. The molecule has 0 saturated heterocycles. The average Bonchev–Trinajstić information content (AvgIpc) is 2.79. The Hall–Kier alpha value is -1.81. The second-order valence-electron chi connectivity index (χ2n) is 8.55. The summed E-state index contributed by atoms with van der Waals surface area (Å²) in [6, 6.07) is 13.7. The smallest absolute Gasteiger partial charge is 0.200 e. The quantitative estimate of drug-likeness (QED) is 0.185. The van der Waals surface area contributed by atoms with Gasteiger partial charge in [-0.2, -0.15) is 0 Å². The minimum Gasteiger partial charge on any atom is -1.00 e. The number of para-hydroxylation sites is 1. The number of benzene rings is 3. The van der Waals surface area contributed by atoms with E-state index in [-0.39, 0.29) is 28.0 Å². The van der Waals surface area contributed by atoms with Crippen LogP contribution in [-0.2, 0) is 6.54 Å². The number of anilines is 2. The Morgan fingerprint density at radius 3 is 2.09 bits per heavy atom. The molecular formula is C24H21BrClF5N2S. The van der Waals surface area contributed by atoms with Crippen LogP contribution >= 0.6 is 23.4 Å². The molecule has 2 nitrogen and oxygen atoms in total. The molecule has 0 fully saturated rings. The second kappa shape index (κ2) is 10.4. The van der Waals surface area contributed by atoms with Crippen molar-refractivity contribution in [2.24, 2.45) is 0 Å². The van der Waals surface area contributed by atoms with E-state index < -0.39 is 34.6 Å². The topological polar surface area (TPSA) is 3.24 Å². The van der Waals surface area contributed by atoms with Crippen LogP contribution in [0.5, 0.6) is 0 Å². The monoisotopic (exact) mass is 578 g/mol. The lowest BCUT2D eigenvalue weighted by Gasteiger charge is -2.35. The standard InChI is InChI=1S/C24H21ClF5N2S.BrH/c1-32(2,13-15-20(26)22(28)24(30)23(29)21(15)27)11-5-10-31-16-6-3-4-7-18(16)33-19-9-8-14(25)12-17(19)31;/h3-4,6-9,12H,5,10-11,13H2,1-2H3;1H/q+1;/p-1. The number of quaternary nitrogens is 1. The molecule has 0 aromatic heterocycles. The highest BCUT2D eigenvalue weighted by Crippen LogP contribution is 2.48. The fourth-order valence-corrected chi connectivity index (χ4v) is 5.24. The molecule has 0 radical (unpaired) electrons. The highest BCUT2D eigenvalue weighted by molar-refractivity contribution is 7.99. The number of halogens is 7. The van der Waals surface area contributed by atoms with Crippen molar-refractivity contribution in [2.45, 2.75) is 22.8 Å². The molecule has 0 aliphatic carbocycles. The summed E-state index contributed by atoms with van der Waals surface area (Å²) < 4.78 is 68.9. The zero-order valence-electron chi connectivity index (χ0n) is 18.3. The van der Waals surface area contributed by atoms with Gasteiger partial charge in [-0.25, -0.2) is 22.0 Å². The number of hydrogen-bond donors (Lipinski definition) is 0. The van der Waals surface area contributed by atoms with Crippen LogP contribution in [0.3, 0.4) is 0 Å². The summed E-state index contributed by atoms with van der Waals surface area (Å²) in [4.78, 5) is 4.31. The van der Waals surface area contributed by atoms with Crippen LogP contribution in [0.4, 0.5) is 33.3 Å². The Morgan fingerprint density at radius 2 is 1.41 bits per heavy atom. The van der Waals surface area contributed by atoms with E-state index in [9.17, 15) is 22.0 Å². The third-order valence-electron chi connectivity index (χ3n) is 5.62. The molecule has 0 saturated carbocycles. The first-order chi connectivity index (χ1) is 15.6. The Morgan fingerprint density at radius 1 is 0.824 bits per heavy atom. The van der Waals surface area contributed by atoms with Gasteiger partial charge in [-0.05, 0) is 30.3 Å². The highest BCUT2D eigenvalue weighted by Gasteiger charge is 2.30. The predicted molar refractivity (Wildman–Crippen MR) is 121 cm³/mol. The summed E-state index contributed by atoms with van der Waals surface area (Å²) in [7, 11) is 3.39. The molecule has 0 unspecified atom stereocenters. The molecule has 182 valence electrons. The zero-order chi connectivity index (χ0) is 23.9. The Bertz CT molecular complexity index is 1200. The van der Waals surface area contributed by atoms with Crippen LogP contribution in [0.15, 0.2) is 52.3 Å². The van der Waals surface area contributed by atoms with E-state index in [1.165, 1.54) is 0 Å². The van der Waals surface area contributed by atoms with Gasteiger partial charge < -0.3 is 26.4 Å². The Labute approximate surface area is 214 Å². The number of hydrogen-bond acceptors (Lipinski definition) is 2. The third kappa shape index (κ3) is 5.22. The van der Waals surface area contributed by atoms with E-state index in [0.717, 1.165) is 21.2 Å². The first kappa shape index (κ1) is 26.8. The maximum Gasteiger partial charge on any atom is 0.200 e. The van der Waals surface area contributed by atoms with E-state index in [1.807, 2.05) is 42.5 Å². The molecule has 1 aliphatic rings. The van der Waals surface area contributed by atoms with Gasteiger partial charge in [-0.3, -0.25) is 0 Å². The van der Waals surface area contributed by atoms with E-state index in [1.54, 1.807) is 25.9 Å². The largest absolute Gasteiger partial charge is 1.00 e. The van der Waals surface area contributed by atoms with Crippen LogP contribution in [0.1, 0.15) is 12.0 Å². The lowest BCUT2D eigenvalue weighted by Crippen LogP contribution is -3.00. The summed E-state index contributed by atoms with van der Waals surface area (Å²) in [5.41, 5.74) is 1.20. The predicted octanol–water partition coefficient (Wildman–Crippen LogP) is 4.31. The van der Waals surface area contributed by atoms with Crippen molar-refractivity contribution in [2.75, 3.05) is 32.1 Å². The SMILES string of the molecule is C[N+](C)(CCCN1c2ccccc2Sc2ccc(Cl)cc21)Cc1c(F)c(F)c(F)c(F)c1F.[Br-]. The molecule has 4 rings (SSSR count). The first-order valence-corrected chi connectivity index (χ1v) is 11.4. The van der Waals surface area contributed by atoms with Gasteiger partial charge in [-0.15, -0.1) is 0 Å². The summed E-state index contributed by atoms with van der Waals surface area (Å²) >= 11 is 7.89. The van der Waals surface area contributed by atoms with Crippen LogP contribution in [0, 0.1) is 29.1 Å². The molecule has 1 heterocycles. The van der Waals surface area contributed by atoms with Gasteiger partial charge in [0.15, 0.2) is 23.3 Å². The van der Waals surface area contributed by atoms with Crippen molar-refractivity contribution < 1.29 is 43.4 Å². The molecule has 0 bridgehead atoms. The van der Waals surface area contributed by atoms with Crippen molar-refractivity contribution in [1.29, 1.82) is 0 Å². The Kier molecular flexibility index (Phi) is 8.22.